The molecule has 1 fully saturated rings. The highest BCUT2D eigenvalue weighted by Crippen LogP contribution is 2.43. The van der Waals surface area contributed by atoms with E-state index in [2.05, 4.69) is 22.2 Å². The van der Waals surface area contributed by atoms with E-state index >= 15 is 8.78 Å². The van der Waals surface area contributed by atoms with E-state index in [1.807, 2.05) is 48.5 Å². The summed E-state index contributed by atoms with van der Waals surface area (Å²) in [6.07, 6.45) is 1.17. The van der Waals surface area contributed by atoms with Crippen LogP contribution < -0.4 is 10.2 Å². The third kappa shape index (κ3) is 6.72. The minimum absolute atomic E-state index is 0.0267. The topological polar surface area (TPSA) is 55.9 Å². The maximum atomic E-state index is 15.6. The summed E-state index contributed by atoms with van der Waals surface area (Å²) in [7, 11) is 2.06. The quantitative estimate of drug-likeness (QED) is 0.259. The number of hydrogen-bond donors (Lipinski definition) is 1. The molecule has 4 aromatic carbocycles. The molecule has 0 aliphatic carbocycles. The highest BCUT2D eigenvalue weighted by Gasteiger charge is 2.41. The highest BCUT2D eigenvalue weighted by atomic mass is 19.3. The van der Waals surface area contributed by atoms with E-state index in [1.54, 1.807) is 60.7 Å². The summed E-state index contributed by atoms with van der Waals surface area (Å²) in [6.45, 7) is 3.78. The average Bonchev–Trinajstić information content (AvgIpc) is 3.18. The third-order valence-electron chi connectivity index (χ3n) is 8.57. The molecular weight excluding hydrogens is 570 g/mol. The molecule has 0 saturated carbocycles. The number of para-hydroxylation sites is 1. The molecule has 230 valence electrons. The van der Waals surface area contributed by atoms with E-state index in [0.29, 0.717) is 34.6 Å². The fourth-order valence-electron chi connectivity index (χ4n) is 5.96. The van der Waals surface area contributed by atoms with E-state index < -0.39 is 12.3 Å². The summed E-state index contributed by atoms with van der Waals surface area (Å²) in [5.41, 5.74) is 3.98. The first kappa shape index (κ1) is 30.4. The molecule has 0 bridgehead atoms. The normalized spacial score (nSPS) is 17.8. The van der Waals surface area contributed by atoms with Gasteiger partial charge in [-0.25, -0.2) is 8.78 Å². The lowest BCUT2D eigenvalue weighted by atomic mass is 9.97. The Bertz CT molecular complexity index is 1700. The van der Waals surface area contributed by atoms with Crippen molar-refractivity contribution in [3.63, 3.8) is 0 Å². The molecule has 4 aromatic rings. The SMILES string of the molecule is CN1CCN(CC=C2c3ccccc3N(C(=O)c3ccc(NC(=O)c4ccccc4-c4ccccc4)cc3)CCC2(F)F)CC1. The number of nitrogens with zero attached hydrogens (tertiary/aromatic N) is 3. The van der Waals surface area contributed by atoms with Gasteiger partial charge in [0.2, 0.25) is 0 Å². The number of carbonyl (C=O) groups excluding carboxylic acids is 2. The lowest BCUT2D eigenvalue weighted by molar-refractivity contribution is 0.0596. The molecule has 2 aliphatic heterocycles. The van der Waals surface area contributed by atoms with Gasteiger partial charge in [-0.2, -0.15) is 0 Å². The predicted molar refractivity (Wildman–Crippen MR) is 176 cm³/mol. The van der Waals surface area contributed by atoms with Crippen LogP contribution in [0, 0.1) is 0 Å². The lowest BCUT2D eigenvalue weighted by Crippen LogP contribution is -2.44. The number of halogens is 2. The Balaban J connectivity index is 1.21. The number of hydrogen-bond acceptors (Lipinski definition) is 4. The van der Waals surface area contributed by atoms with Gasteiger partial charge in [-0.15, -0.1) is 0 Å². The van der Waals surface area contributed by atoms with Crippen molar-refractivity contribution in [1.29, 1.82) is 0 Å². The van der Waals surface area contributed by atoms with E-state index in [9.17, 15) is 9.59 Å². The van der Waals surface area contributed by atoms with E-state index in [4.69, 9.17) is 0 Å². The highest BCUT2D eigenvalue weighted by molar-refractivity contribution is 6.10. The second kappa shape index (κ2) is 13.1. The van der Waals surface area contributed by atoms with Gasteiger partial charge in [-0.05, 0) is 54.6 Å². The van der Waals surface area contributed by atoms with Gasteiger partial charge in [0.05, 0.1) is 5.69 Å². The molecule has 8 heteroatoms. The summed E-state index contributed by atoms with van der Waals surface area (Å²) >= 11 is 0. The van der Waals surface area contributed by atoms with Crippen LogP contribution in [0.4, 0.5) is 20.2 Å². The summed E-state index contributed by atoms with van der Waals surface area (Å²) in [5, 5.41) is 2.92. The fraction of sp³-hybridized carbons (Fsp3) is 0.243. The number of likely N-dealkylation sites (N-methyl/N-ethyl adjacent to an activating group) is 1. The summed E-state index contributed by atoms with van der Waals surface area (Å²) in [4.78, 5) is 32.9. The zero-order valence-corrected chi connectivity index (χ0v) is 25.3. The van der Waals surface area contributed by atoms with Crippen molar-refractivity contribution < 1.29 is 18.4 Å². The first-order chi connectivity index (χ1) is 21.8. The predicted octanol–water partition coefficient (Wildman–Crippen LogP) is 6.92. The molecule has 0 aromatic heterocycles. The van der Waals surface area contributed by atoms with Crippen LogP contribution in [-0.2, 0) is 0 Å². The van der Waals surface area contributed by atoms with Gasteiger partial charge in [0.15, 0.2) is 0 Å². The smallest absolute Gasteiger partial charge is 0.275 e. The molecule has 6 rings (SSSR count). The summed E-state index contributed by atoms with van der Waals surface area (Å²) < 4.78 is 31.3. The van der Waals surface area contributed by atoms with Gasteiger partial charge in [0.1, 0.15) is 0 Å². The average molecular weight is 607 g/mol. The molecule has 0 spiro atoms. The number of amides is 2. The molecule has 1 N–H and O–H groups in total. The number of carbonyl (C=O) groups is 2. The van der Waals surface area contributed by atoms with E-state index in [0.717, 1.165) is 37.3 Å². The molecule has 45 heavy (non-hydrogen) atoms. The Morgan fingerprint density at radius 3 is 2.16 bits per heavy atom. The minimum atomic E-state index is -3.08. The van der Waals surface area contributed by atoms with Crippen molar-refractivity contribution in [1.82, 2.24) is 9.80 Å². The zero-order valence-electron chi connectivity index (χ0n) is 25.3. The second-order valence-electron chi connectivity index (χ2n) is 11.6. The molecule has 0 unspecified atom stereocenters. The van der Waals surface area contributed by atoms with E-state index in [-0.39, 0.29) is 23.9 Å². The number of fused-ring (bicyclic) bond motifs is 1. The van der Waals surface area contributed by atoms with Gasteiger partial charge in [-0.3, -0.25) is 14.5 Å². The van der Waals surface area contributed by atoms with Gasteiger partial charge in [0.25, 0.3) is 17.7 Å². The van der Waals surface area contributed by atoms with Gasteiger partial charge in [-0.1, -0.05) is 72.8 Å². The Hall–Kier alpha value is -4.66. The van der Waals surface area contributed by atoms with Crippen LogP contribution in [0.15, 0.2) is 109 Å². The second-order valence-corrected chi connectivity index (χ2v) is 11.6. The van der Waals surface area contributed by atoms with Crippen LogP contribution in [0.3, 0.4) is 0 Å². The van der Waals surface area contributed by atoms with Crippen molar-refractivity contribution in [3.05, 3.63) is 126 Å². The molecule has 6 nitrogen and oxygen atoms in total. The van der Waals surface area contributed by atoms with Crippen LogP contribution in [0.25, 0.3) is 16.7 Å². The van der Waals surface area contributed by atoms with E-state index in [1.165, 1.54) is 4.90 Å². The van der Waals surface area contributed by atoms with Gasteiger partial charge >= 0.3 is 0 Å². The number of piperazine rings is 1. The van der Waals surface area contributed by atoms with Crippen molar-refractivity contribution in [2.24, 2.45) is 0 Å². The van der Waals surface area contributed by atoms with Crippen LogP contribution in [0.1, 0.15) is 32.7 Å². The number of nitrogens with one attached hydrogen (secondary N) is 1. The fourth-order valence-corrected chi connectivity index (χ4v) is 5.96. The number of allylic oxidation sites excluding steroid dienone is 1. The Morgan fingerprint density at radius 1 is 0.778 bits per heavy atom. The summed E-state index contributed by atoms with van der Waals surface area (Å²) in [5.74, 6) is -3.72. The largest absolute Gasteiger partial charge is 0.322 e. The minimum Gasteiger partial charge on any atom is -0.322 e. The Morgan fingerprint density at radius 2 is 1.42 bits per heavy atom. The van der Waals surface area contributed by atoms with Gasteiger partial charge < -0.3 is 15.1 Å². The standard InChI is InChI=1S/C37H36F2N4O2/c1-41-23-25-42(26-24-41)21-19-33-32-13-7-8-14-34(32)43(22-20-37(33,38)39)36(45)28-15-17-29(18-16-28)40-35(44)31-12-6-5-11-30(31)27-9-3-2-4-10-27/h2-19H,20-26H2,1H3,(H,40,44). The van der Waals surface area contributed by atoms with Crippen LogP contribution in [-0.4, -0.2) is 73.9 Å². The molecule has 2 aliphatic rings. The monoisotopic (exact) mass is 606 g/mol. The number of anilines is 2. The number of alkyl halides is 2. The first-order valence-electron chi connectivity index (χ1n) is 15.3. The molecule has 0 atom stereocenters. The number of rotatable bonds is 6. The lowest BCUT2D eigenvalue weighted by Gasteiger charge is -2.32. The third-order valence-corrected chi connectivity index (χ3v) is 8.57. The van der Waals surface area contributed by atoms with Crippen molar-refractivity contribution in [2.75, 3.05) is 56.5 Å². The van der Waals surface area contributed by atoms with Crippen LogP contribution in [0.2, 0.25) is 0 Å². The molecule has 0 radical (unpaired) electrons. The molecule has 1 saturated heterocycles. The maximum Gasteiger partial charge on any atom is 0.275 e. The molecule has 2 heterocycles. The number of benzene rings is 4. The molecule has 2 amide bonds. The van der Waals surface area contributed by atoms with Gasteiger partial charge in [0, 0.05) is 73.6 Å². The zero-order chi connectivity index (χ0) is 31.4. The van der Waals surface area contributed by atoms with Crippen LogP contribution >= 0.6 is 0 Å². The van der Waals surface area contributed by atoms with Crippen molar-refractivity contribution in [2.45, 2.75) is 12.3 Å². The Kier molecular flexibility index (Phi) is 8.87. The first-order valence-corrected chi connectivity index (χ1v) is 15.3. The summed E-state index contributed by atoms with van der Waals surface area (Å²) in [6, 6.07) is 30.6. The van der Waals surface area contributed by atoms with Crippen LogP contribution in [0.5, 0.6) is 0 Å². The maximum absolute atomic E-state index is 15.6. The van der Waals surface area contributed by atoms with Crippen molar-refractivity contribution >= 4 is 28.8 Å². The molecular formula is C37H36F2N4O2. The Labute approximate surface area is 262 Å². The van der Waals surface area contributed by atoms with Crippen molar-refractivity contribution in [3.8, 4) is 11.1 Å².